The molecule has 1 atom stereocenters. The second kappa shape index (κ2) is 5.25. The maximum atomic E-state index is 11.3. The number of nitro benzene ring substituents is 1. The van der Waals surface area contributed by atoms with Gasteiger partial charge in [0, 0.05) is 17.8 Å². The Kier molecular flexibility index (Phi) is 3.66. The Morgan fingerprint density at radius 3 is 2.85 bits per heavy atom. The van der Waals surface area contributed by atoms with Gasteiger partial charge in [-0.05, 0) is 30.8 Å². The van der Waals surface area contributed by atoms with Gasteiger partial charge in [0.25, 0.3) is 5.69 Å². The van der Waals surface area contributed by atoms with Crippen LogP contribution in [0.15, 0.2) is 36.0 Å². The molecule has 1 aliphatic rings. The fourth-order valence-corrected chi connectivity index (χ4v) is 2.33. The van der Waals surface area contributed by atoms with Gasteiger partial charge in [0.05, 0.1) is 11.0 Å². The minimum atomic E-state index is -1.22. The molecular weight excluding hydrogens is 282 g/mol. The molecule has 0 unspecified atom stereocenters. The van der Waals surface area contributed by atoms with Crippen molar-refractivity contribution >= 4 is 29.1 Å². The van der Waals surface area contributed by atoms with Crippen molar-refractivity contribution < 1.29 is 14.8 Å². The molecule has 2 rings (SSSR count). The molecule has 104 valence electrons. The largest absolute Gasteiger partial charge is 0.465 e. The number of carbonyl (C=O) groups is 1. The van der Waals surface area contributed by atoms with E-state index in [1.54, 1.807) is 19.1 Å². The number of thiocarbonyl (C=S) groups is 1. The van der Waals surface area contributed by atoms with Gasteiger partial charge in [-0.3, -0.25) is 10.1 Å². The van der Waals surface area contributed by atoms with Gasteiger partial charge in [-0.25, -0.2) is 9.69 Å². The second-order valence-corrected chi connectivity index (χ2v) is 4.62. The molecule has 1 heterocycles. The van der Waals surface area contributed by atoms with Crippen molar-refractivity contribution in [2.75, 3.05) is 0 Å². The number of benzene rings is 1. The highest BCUT2D eigenvalue weighted by molar-refractivity contribution is 7.80. The van der Waals surface area contributed by atoms with Gasteiger partial charge in [-0.15, -0.1) is 0 Å². The minimum Gasteiger partial charge on any atom is -0.465 e. The van der Waals surface area contributed by atoms with E-state index in [2.05, 4.69) is 5.32 Å². The number of hydrogen-bond acceptors (Lipinski definition) is 4. The van der Waals surface area contributed by atoms with E-state index in [0.717, 1.165) is 4.90 Å². The summed E-state index contributed by atoms with van der Waals surface area (Å²) in [5.41, 5.74) is 1.09. The third kappa shape index (κ3) is 2.59. The number of nitrogens with one attached hydrogen (secondary N) is 1. The summed E-state index contributed by atoms with van der Waals surface area (Å²) >= 11 is 5.00. The van der Waals surface area contributed by atoms with Gasteiger partial charge < -0.3 is 10.4 Å². The van der Waals surface area contributed by atoms with E-state index in [9.17, 15) is 20.0 Å². The van der Waals surface area contributed by atoms with Crippen LogP contribution in [0.3, 0.4) is 0 Å². The Bertz CT molecular complexity index is 629. The van der Waals surface area contributed by atoms with Crippen molar-refractivity contribution in [3.05, 3.63) is 51.7 Å². The van der Waals surface area contributed by atoms with Crippen LogP contribution in [-0.4, -0.2) is 26.1 Å². The Balaban J connectivity index is 2.49. The maximum absolute atomic E-state index is 11.3. The predicted octanol–water partition coefficient (Wildman–Crippen LogP) is 2.41. The lowest BCUT2D eigenvalue weighted by Gasteiger charge is -2.32. The van der Waals surface area contributed by atoms with Crippen LogP contribution in [0, 0.1) is 10.1 Å². The number of carboxylic acid groups (broad SMARTS) is 1. The molecule has 1 amide bonds. The molecule has 0 saturated carbocycles. The monoisotopic (exact) mass is 293 g/mol. The molecule has 0 aliphatic carbocycles. The van der Waals surface area contributed by atoms with Crippen molar-refractivity contribution in [2.24, 2.45) is 0 Å². The summed E-state index contributed by atoms with van der Waals surface area (Å²) in [6.07, 6.45) is 0.436. The second-order valence-electron chi connectivity index (χ2n) is 4.23. The smallest absolute Gasteiger partial charge is 0.414 e. The molecule has 7 nitrogen and oxygen atoms in total. The molecule has 0 fully saturated rings. The van der Waals surface area contributed by atoms with Crippen LogP contribution in [0.1, 0.15) is 18.5 Å². The lowest BCUT2D eigenvalue weighted by Crippen LogP contribution is -2.47. The molecule has 0 saturated heterocycles. The van der Waals surface area contributed by atoms with Crippen LogP contribution in [-0.2, 0) is 0 Å². The summed E-state index contributed by atoms with van der Waals surface area (Å²) in [4.78, 5) is 22.5. The fraction of sp³-hybridized carbons (Fsp3) is 0.167. The molecule has 0 bridgehead atoms. The van der Waals surface area contributed by atoms with Gasteiger partial charge in [-0.2, -0.15) is 0 Å². The first-order valence-electron chi connectivity index (χ1n) is 5.66. The third-order valence-electron chi connectivity index (χ3n) is 2.84. The SMILES string of the molecule is CC1=C[C@@H](c2cccc([N+](=O)[O-])c2)N(C(=O)O)C(=S)N1. The van der Waals surface area contributed by atoms with Crippen molar-refractivity contribution in [3.63, 3.8) is 0 Å². The van der Waals surface area contributed by atoms with E-state index >= 15 is 0 Å². The van der Waals surface area contributed by atoms with Gasteiger partial charge in [0.15, 0.2) is 5.11 Å². The lowest BCUT2D eigenvalue weighted by molar-refractivity contribution is -0.384. The average Bonchev–Trinajstić information content (AvgIpc) is 2.37. The van der Waals surface area contributed by atoms with Crippen LogP contribution in [0.2, 0.25) is 0 Å². The maximum Gasteiger partial charge on any atom is 0.414 e. The minimum absolute atomic E-state index is 0.0500. The van der Waals surface area contributed by atoms with Gasteiger partial charge in [0.1, 0.15) is 0 Å². The highest BCUT2D eigenvalue weighted by Gasteiger charge is 2.31. The van der Waals surface area contributed by atoms with Crippen LogP contribution in [0.25, 0.3) is 0 Å². The molecule has 1 aromatic rings. The number of rotatable bonds is 2. The number of amides is 1. The Morgan fingerprint density at radius 1 is 1.55 bits per heavy atom. The average molecular weight is 293 g/mol. The first-order chi connectivity index (χ1) is 9.40. The van der Waals surface area contributed by atoms with E-state index in [1.807, 2.05) is 0 Å². The predicted molar refractivity (Wildman–Crippen MR) is 75.2 cm³/mol. The number of nitrogens with zero attached hydrogens (tertiary/aromatic N) is 2. The molecule has 1 aliphatic heterocycles. The molecule has 0 radical (unpaired) electrons. The summed E-state index contributed by atoms with van der Waals surface area (Å²) in [6, 6.07) is 5.16. The zero-order chi connectivity index (χ0) is 14.9. The van der Waals surface area contributed by atoms with Gasteiger partial charge in [0.2, 0.25) is 0 Å². The van der Waals surface area contributed by atoms with Crippen LogP contribution in [0.5, 0.6) is 0 Å². The zero-order valence-electron chi connectivity index (χ0n) is 10.4. The lowest BCUT2D eigenvalue weighted by atomic mass is 10.0. The highest BCUT2D eigenvalue weighted by Crippen LogP contribution is 2.29. The molecule has 20 heavy (non-hydrogen) atoms. The van der Waals surface area contributed by atoms with E-state index in [4.69, 9.17) is 12.2 Å². The summed E-state index contributed by atoms with van der Waals surface area (Å²) in [7, 11) is 0. The molecule has 2 N–H and O–H groups in total. The molecule has 0 spiro atoms. The standard InChI is InChI=1S/C12H11N3O4S/c1-7-5-10(14(12(16)17)11(20)13-7)8-3-2-4-9(6-8)15(18)19/h2-6,10H,1H3,(H,13,20)(H,16,17)/t10-/m0/s1. The van der Waals surface area contributed by atoms with E-state index in [0.29, 0.717) is 11.3 Å². The fourth-order valence-electron chi connectivity index (χ4n) is 1.98. The quantitative estimate of drug-likeness (QED) is 0.494. The summed E-state index contributed by atoms with van der Waals surface area (Å²) in [5.74, 6) is 0. The normalized spacial score (nSPS) is 18.2. The Labute approximate surface area is 119 Å². The number of hydrogen-bond donors (Lipinski definition) is 2. The van der Waals surface area contributed by atoms with E-state index in [1.165, 1.54) is 18.2 Å². The number of allylic oxidation sites excluding steroid dienone is 1. The number of nitro groups is 1. The first kappa shape index (κ1) is 13.9. The molecule has 1 aromatic carbocycles. The summed E-state index contributed by atoms with van der Waals surface area (Å²) in [5, 5.41) is 22.8. The van der Waals surface area contributed by atoms with E-state index in [-0.39, 0.29) is 10.8 Å². The topological polar surface area (TPSA) is 95.7 Å². The summed E-state index contributed by atoms with van der Waals surface area (Å²) < 4.78 is 0. The summed E-state index contributed by atoms with van der Waals surface area (Å²) in [6.45, 7) is 1.75. The Morgan fingerprint density at radius 2 is 2.25 bits per heavy atom. The van der Waals surface area contributed by atoms with Crippen LogP contribution in [0.4, 0.5) is 10.5 Å². The van der Waals surface area contributed by atoms with Gasteiger partial charge in [-0.1, -0.05) is 12.1 Å². The Hall–Kier alpha value is -2.48. The molecular formula is C12H11N3O4S. The van der Waals surface area contributed by atoms with Crippen molar-refractivity contribution in [1.29, 1.82) is 0 Å². The number of non-ortho nitro benzene ring substituents is 1. The van der Waals surface area contributed by atoms with Crippen LogP contribution < -0.4 is 5.32 Å². The van der Waals surface area contributed by atoms with Crippen molar-refractivity contribution in [1.82, 2.24) is 10.2 Å². The highest BCUT2D eigenvalue weighted by atomic mass is 32.1. The van der Waals surface area contributed by atoms with Crippen molar-refractivity contribution in [3.8, 4) is 0 Å². The molecule has 8 heteroatoms. The van der Waals surface area contributed by atoms with Crippen molar-refractivity contribution in [2.45, 2.75) is 13.0 Å². The first-order valence-corrected chi connectivity index (χ1v) is 6.07. The third-order valence-corrected chi connectivity index (χ3v) is 3.14. The van der Waals surface area contributed by atoms with Gasteiger partial charge >= 0.3 is 6.09 Å². The molecule has 0 aromatic heterocycles. The zero-order valence-corrected chi connectivity index (χ0v) is 11.3. The van der Waals surface area contributed by atoms with Crippen LogP contribution >= 0.6 is 12.2 Å². The van der Waals surface area contributed by atoms with E-state index < -0.39 is 17.1 Å².